The van der Waals surface area contributed by atoms with Crippen LogP contribution in [0.5, 0.6) is 0 Å². The van der Waals surface area contributed by atoms with E-state index < -0.39 is 6.43 Å². The van der Waals surface area contributed by atoms with E-state index in [9.17, 15) is 8.78 Å². The van der Waals surface area contributed by atoms with Crippen LogP contribution in [0.15, 0.2) is 6.07 Å². The van der Waals surface area contributed by atoms with Gasteiger partial charge in [0.2, 0.25) is 0 Å². The Balaban J connectivity index is 3.25. The molecule has 0 unspecified atom stereocenters. The SMILES string of the molecule is Cc1cc(CCl)c(C(F)F)nc1CC#N. The number of halogens is 3. The first kappa shape index (κ1) is 11.9. The van der Waals surface area contributed by atoms with Crippen molar-refractivity contribution in [1.29, 1.82) is 5.26 Å². The Kier molecular flexibility index (Phi) is 3.98. The topological polar surface area (TPSA) is 36.7 Å². The highest BCUT2D eigenvalue weighted by atomic mass is 35.5. The Labute approximate surface area is 91.5 Å². The first-order chi connectivity index (χ1) is 7.10. The predicted molar refractivity (Wildman–Crippen MR) is 52.8 cm³/mol. The summed E-state index contributed by atoms with van der Waals surface area (Å²) in [6, 6.07) is 3.45. The van der Waals surface area contributed by atoms with Gasteiger partial charge in [0.05, 0.1) is 18.2 Å². The lowest BCUT2D eigenvalue weighted by atomic mass is 10.1. The minimum atomic E-state index is -2.66. The monoisotopic (exact) mass is 230 g/mol. The lowest BCUT2D eigenvalue weighted by molar-refractivity contribution is 0.145. The highest BCUT2D eigenvalue weighted by Crippen LogP contribution is 2.24. The van der Waals surface area contributed by atoms with Crippen LogP contribution >= 0.6 is 11.6 Å². The molecule has 0 spiro atoms. The van der Waals surface area contributed by atoms with Crippen molar-refractivity contribution >= 4 is 11.6 Å². The maximum atomic E-state index is 12.6. The van der Waals surface area contributed by atoms with Gasteiger partial charge in [0.15, 0.2) is 0 Å². The van der Waals surface area contributed by atoms with Gasteiger partial charge in [-0.15, -0.1) is 11.6 Å². The van der Waals surface area contributed by atoms with E-state index in [4.69, 9.17) is 16.9 Å². The smallest absolute Gasteiger partial charge is 0.250 e. The Bertz CT molecular complexity index is 399. The molecule has 2 nitrogen and oxygen atoms in total. The van der Waals surface area contributed by atoms with Crippen molar-refractivity contribution in [3.05, 3.63) is 28.6 Å². The summed E-state index contributed by atoms with van der Waals surface area (Å²) in [5.41, 5.74) is 1.12. The number of alkyl halides is 3. The summed E-state index contributed by atoms with van der Waals surface area (Å²) in [4.78, 5) is 3.78. The first-order valence-electron chi connectivity index (χ1n) is 4.30. The molecule has 0 aromatic carbocycles. The minimum absolute atomic E-state index is 0.000344. The molecule has 0 atom stereocenters. The number of pyridine rings is 1. The standard InChI is InChI=1S/C10H9ClF2N2/c1-6-4-7(5-11)9(10(12)13)15-8(6)2-3-14/h4,10H,2,5H2,1H3. The van der Waals surface area contributed by atoms with E-state index >= 15 is 0 Å². The van der Waals surface area contributed by atoms with Gasteiger partial charge in [0, 0.05) is 5.88 Å². The van der Waals surface area contributed by atoms with Gasteiger partial charge in [-0.25, -0.2) is 8.78 Å². The van der Waals surface area contributed by atoms with Gasteiger partial charge in [0.1, 0.15) is 5.69 Å². The Morgan fingerprint density at radius 3 is 2.73 bits per heavy atom. The zero-order chi connectivity index (χ0) is 11.4. The van der Waals surface area contributed by atoms with Crippen LogP contribution < -0.4 is 0 Å². The summed E-state index contributed by atoms with van der Waals surface area (Å²) in [6.07, 6.45) is -2.62. The van der Waals surface area contributed by atoms with Crippen molar-refractivity contribution in [2.45, 2.75) is 25.7 Å². The highest BCUT2D eigenvalue weighted by molar-refractivity contribution is 6.17. The molecule has 0 radical (unpaired) electrons. The quantitative estimate of drug-likeness (QED) is 0.748. The molecule has 80 valence electrons. The maximum Gasteiger partial charge on any atom is 0.280 e. The van der Waals surface area contributed by atoms with Crippen LogP contribution in [0.2, 0.25) is 0 Å². The number of aryl methyl sites for hydroxylation is 1. The Hall–Kier alpha value is -1.21. The molecule has 0 aliphatic carbocycles. The zero-order valence-corrected chi connectivity index (χ0v) is 8.85. The summed E-state index contributed by atoms with van der Waals surface area (Å²) in [7, 11) is 0. The van der Waals surface area contributed by atoms with Crippen LogP contribution in [0, 0.1) is 18.3 Å². The molecule has 0 amide bonds. The van der Waals surface area contributed by atoms with Crippen LogP contribution in [0.3, 0.4) is 0 Å². The molecule has 0 saturated carbocycles. The fourth-order valence-corrected chi connectivity index (χ4v) is 1.49. The van der Waals surface area contributed by atoms with Gasteiger partial charge in [-0.2, -0.15) is 5.26 Å². The van der Waals surface area contributed by atoms with Crippen molar-refractivity contribution in [3.63, 3.8) is 0 Å². The summed E-state index contributed by atoms with van der Waals surface area (Å²) < 4.78 is 25.1. The predicted octanol–water partition coefficient (Wildman–Crippen LogP) is 3.13. The van der Waals surface area contributed by atoms with Gasteiger partial charge in [0.25, 0.3) is 6.43 Å². The lowest BCUT2D eigenvalue weighted by Gasteiger charge is -2.09. The van der Waals surface area contributed by atoms with E-state index in [1.54, 1.807) is 13.0 Å². The van der Waals surface area contributed by atoms with Crippen LogP contribution in [0.1, 0.15) is 28.9 Å². The molecule has 0 bridgehead atoms. The molecule has 0 aliphatic heterocycles. The van der Waals surface area contributed by atoms with Crippen molar-refractivity contribution in [2.75, 3.05) is 0 Å². The van der Waals surface area contributed by atoms with Crippen LogP contribution in [0.4, 0.5) is 8.78 Å². The normalized spacial score (nSPS) is 10.4. The number of hydrogen-bond donors (Lipinski definition) is 0. The molecule has 1 rings (SSSR count). The maximum absolute atomic E-state index is 12.6. The third kappa shape index (κ3) is 2.63. The molecular formula is C10H9ClF2N2. The fraction of sp³-hybridized carbons (Fsp3) is 0.400. The molecule has 1 heterocycles. The van der Waals surface area contributed by atoms with Crippen LogP contribution in [-0.4, -0.2) is 4.98 Å². The van der Waals surface area contributed by atoms with Gasteiger partial charge < -0.3 is 0 Å². The van der Waals surface area contributed by atoms with E-state index in [-0.39, 0.29) is 18.0 Å². The van der Waals surface area contributed by atoms with Crippen molar-refractivity contribution < 1.29 is 8.78 Å². The number of rotatable bonds is 3. The van der Waals surface area contributed by atoms with Crippen molar-refractivity contribution in [3.8, 4) is 6.07 Å². The third-order valence-electron chi connectivity index (χ3n) is 2.03. The number of nitriles is 1. The van der Waals surface area contributed by atoms with E-state index in [2.05, 4.69) is 4.98 Å². The van der Waals surface area contributed by atoms with Crippen molar-refractivity contribution in [2.24, 2.45) is 0 Å². The summed E-state index contributed by atoms with van der Waals surface area (Å²) in [5.74, 6) is 0.000344. The van der Waals surface area contributed by atoms with E-state index in [0.717, 1.165) is 5.56 Å². The van der Waals surface area contributed by atoms with E-state index in [0.29, 0.717) is 11.3 Å². The second-order valence-corrected chi connectivity index (χ2v) is 3.33. The molecular weight excluding hydrogens is 222 g/mol. The van der Waals surface area contributed by atoms with Gasteiger partial charge >= 0.3 is 0 Å². The molecule has 1 aromatic heterocycles. The highest BCUT2D eigenvalue weighted by Gasteiger charge is 2.16. The molecule has 0 aliphatic rings. The summed E-state index contributed by atoms with van der Waals surface area (Å²) >= 11 is 5.54. The van der Waals surface area contributed by atoms with Gasteiger partial charge in [-0.05, 0) is 18.1 Å². The molecule has 0 fully saturated rings. The molecule has 15 heavy (non-hydrogen) atoms. The molecule has 0 saturated heterocycles. The fourth-order valence-electron chi connectivity index (χ4n) is 1.27. The van der Waals surface area contributed by atoms with Crippen molar-refractivity contribution in [1.82, 2.24) is 4.98 Å². The second kappa shape index (κ2) is 5.04. The number of nitrogens with zero attached hydrogens (tertiary/aromatic N) is 2. The number of hydrogen-bond acceptors (Lipinski definition) is 2. The average Bonchev–Trinajstić information content (AvgIpc) is 2.20. The first-order valence-corrected chi connectivity index (χ1v) is 4.84. The van der Waals surface area contributed by atoms with E-state index in [1.165, 1.54) is 0 Å². The molecule has 1 aromatic rings. The minimum Gasteiger partial charge on any atom is -0.250 e. The second-order valence-electron chi connectivity index (χ2n) is 3.07. The van der Waals surface area contributed by atoms with Crippen LogP contribution in [0.25, 0.3) is 0 Å². The summed E-state index contributed by atoms with van der Waals surface area (Å²) in [6.45, 7) is 1.73. The molecule has 5 heteroatoms. The summed E-state index contributed by atoms with van der Waals surface area (Å²) in [5, 5.41) is 8.50. The molecule has 0 N–H and O–H groups in total. The Morgan fingerprint density at radius 2 is 2.27 bits per heavy atom. The number of aromatic nitrogens is 1. The van der Waals surface area contributed by atoms with Gasteiger partial charge in [-0.1, -0.05) is 6.07 Å². The lowest BCUT2D eigenvalue weighted by Crippen LogP contribution is -2.03. The van der Waals surface area contributed by atoms with E-state index in [1.807, 2.05) is 6.07 Å². The van der Waals surface area contributed by atoms with Crippen LogP contribution in [-0.2, 0) is 12.3 Å². The largest absolute Gasteiger partial charge is 0.280 e. The third-order valence-corrected chi connectivity index (χ3v) is 2.32. The Morgan fingerprint density at radius 1 is 1.60 bits per heavy atom. The average molecular weight is 231 g/mol. The zero-order valence-electron chi connectivity index (χ0n) is 8.10. The van der Waals surface area contributed by atoms with Gasteiger partial charge in [-0.3, -0.25) is 4.98 Å².